The third-order valence-electron chi connectivity index (χ3n) is 2.92. The van der Waals surface area contributed by atoms with Gasteiger partial charge in [0.1, 0.15) is 11.5 Å². The van der Waals surface area contributed by atoms with Gasteiger partial charge in [0.05, 0.1) is 0 Å². The highest BCUT2D eigenvalue weighted by Crippen LogP contribution is 2.26. The number of phenolic OH excluding ortho intramolecular Hbond substituents is 1. The Labute approximate surface area is 115 Å². The van der Waals surface area contributed by atoms with Gasteiger partial charge in [-0.3, -0.25) is 0 Å². The second kappa shape index (κ2) is 6.83. The lowest BCUT2D eigenvalue weighted by Gasteiger charge is -2.20. The Kier molecular flexibility index (Phi) is 5.43. The summed E-state index contributed by atoms with van der Waals surface area (Å²) in [6, 6.07) is 7.17. The van der Waals surface area contributed by atoms with Crippen LogP contribution < -0.4 is 0 Å². The van der Waals surface area contributed by atoms with Crippen LogP contribution in [0.4, 0.5) is 0 Å². The van der Waals surface area contributed by atoms with Gasteiger partial charge in [0, 0.05) is 5.41 Å². The first-order valence-electron chi connectivity index (χ1n) is 6.50. The Balaban J connectivity index is 2.79. The van der Waals surface area contributed by atoms with Gasteiger partial charge in [-0.15, -0.1) is 0 Å². The molecule has 0 aliphatic heterocycles. The van der Waals surface area contributed by atoms with Crippen LogP contribution in [0.15, 0.2) is 60.4 Å². The van der Waals surface area contributed by atoms with Crippen molar-refractivity contribution in [1.29, 1.82) is 0 Å². The minimum Gasteiger partial charge on any atom is -0.508 e. The van der Waals surface area contributed by atoms with E-state index in [-0.39, 0.29) is 16.9 Å². The molecule has 0 spiro atoms. The van der Waals surface area contributed by atoms with E-state index in [0.29, 0.717) is 0 Å². The first kappa shape index (κ1) is 15.1. The normalized spacial score (nSPS) is 13.5. The summed E-state index contributed by atoms with van der Waals surface area (Å²) in [6.45, 7) is 6.19. The van der Waals surface area contributed by atoms with E-state index in [9.17, 15) is 10.2 Å². The van der Waals surface area contributed by atoms with Crippen LogP contribution in [0.25, 0.3) is 0 Å². The Morgan fingerprint density at radius 1 is 1.21 bits per heavy atom. The van der Waals surface area contributed by atoms with Crippen molar-refractivity contribution in [3.05, 3.63) is 66.0 Å². The molecule has 0 fully saturated rings. The maximum absolute atomic E-state index is 9.57. The average molecular weight is 258 g/mol. The van der Waals surface area contributed by atoms with Crippen molar-refractivity contribution in [2.75, 3.05) is 0 Å². The fraction of sp³-hybridized carbons (Fsp3) is 0.294. The molecule has 2 nitrogen and oxygen atoms in total. The molecular formula is C17H22O2. The topological polar surface area (TPSA) is 40.5 Å². The largest absolute Gasteiger partial charge is 0.508 e. The molecule has 19 heavy (non-hydrogen) atoms. The average Bonchev–Trinajstić information content (AvgIpc) is 2.36. The van der Waals surface area contributed by atoms with Crippen molar-refractivity contribution in [2.24, 2.45) is 0 Å². The smallest absolute Gasteiger partial charge is 0.115 e. The monoisotopic (exact) mass is 258 g/mol. The molecule has 0 bridgehead atoms. The van der Waals surface area contributed by atoms with Crippen molar-refractivity contribution in [1.82, 2.24) is 0 Å². The fourth-order valence-electron chi connectivity index (χ4n) is 1.67. The molecule has 0 saturated carbocycles. The molecule has 2 heteroatoms. The third-order valence-corrected chi connectivity index (χ3v) is 2.92. The highest BCUT2D eigenvalue weighted by atomic mass is 16.3. The van der Waals surface area contributed by atoms with E-state index in [2.05, 4.69) is 13.8 Å². The molecule has 0 aliphatic carbocycles. The zero-order valence-electron chi connectivity index (χ0n) is 11.8. The number of allylic oxidation sites excluding steroid dienone is 5. The lowest BCUT2D eigenvalue weighted by molar-refractivity contribution is 0.432. The van der Waals surface area contributed by atoms with Crippen molar-refractivity contribution in [2.45, 2.75) is 32.6 Å². The van der Waals surface area contributed by atoms with Crippen molar-refractivity contribution in [3.63, 3.8) is 0 Å². The molecule has 2 N–H and O–H groups in total. The summed E-state index contributed by atoms with van der Waals surface area (Å²) >= 11 is 0. The second-order valence-electron chi connectivity index (χ2n) is 5.03. The highest BCUT2D eigenvalue weighted by Gasteiger charge is 2.15. The van der Waals surface area contributed by atoms with Crippen LogP contribution >= 0.6 is 0 Å². The van der Waals surface area contributed by atoms with Gasteiger partial charge in [-0.1, -0.05) is 51.1 Å². The van der Waals surface area contributed by atoms with E-state index < -0.39 is 0 Å². The number of phenols is 1. The zero-order valence-corrected chi connectivity index (χ0v) is 11.8. The van der Waals surface area contributed by atoms with Crippen molar-refractivity contribution in [3.8, 4) is 5.75 Å². The maximum atomic E-state index is 9.57. The number of aliphatic hydroxyl groups excluding tert-OH is 1. The van der Waals surface area contributed by atoms with E-state index in [1.807, 2.05) is 37.3 Å². The van der Waals surface area contributed by atoms with Crippen molar-refractivity contribution < 1.29 is 10.2 Å². The lowest BCUT2D eigenvalue weighted by Crippen LogP contribution is -2.12. The van der Waals surface area contributed by atoms with Crippen LogP contribution in [-0.4, -0.2) is 10.2 Å². The first-order chi connectivity index (χ1) is 8.95. The van der Waals surface area contributed by atoms with E-state index in [1.165, 1.54) is 0 Å². The number of rotatable bonds is 5. The van der Waals surface area contributed by atoms with Gasteiger partial charge in [-0.2, -0.15) is 0 Å². The molecule has 0 aliphatic rings. The van der Waals surface area contributed by atoms with E-state index in [4.69, 9.17) is 0 Å². The highest BCUT2D eigenvalue weighted by molar-refractivity contribution is 5.34. The van der Waals surface area contributed by atoms with E-state index in [0.717, 1.165) is 12.0 Å². The number of benzene rings is 1. The predicted molar refractivity (Wildman–Crippen MR) is 80.4 cm³/mol. The van der Waals surface area contributed by atoms with Crippen LogP contribution in [0.2, 0.25) is 0 Å². The molecule has 0 unspecified atom stereocenters. The Morgan fingerprint density at radius 2 is 1.84 bits per heavy atom. The standard InChI is InChI=1S/C17H22O2/c1-4-5-7-15(18)8-6-13-17(2,3)14-9-11-16(19)12-10-14/h5-13,18-19H,4H2,1-3H3/b7-5-,13-6+,15-8+. The summed E-state index contributed by atoms with van der Waals surface area (Å²) in [5.41, 5.74) is 0.956. The van der Waals surface area contributed by atoms with Crippen LogP contribution in [0.1, 0.15) is 32.8 Å². The molecule has 0 heterocycles. The molecular weight excluding hydrogens is 236 g/mol. The summed E-state index contributed by atoms with van der Waals surface area (Å²) in [5.74, 6) is 0.519. The van der Waals surface area contributed by atoms with Gasteiger partial charge >= 0.3 is 0 Å². The molecule has 0 saturated heterocycles. The van der Waals surface area contributed by atoms with Gasteiger partial charge in [0.15, 0.2) is 0 Å². The van der Waals surface area contributed by atoms with Gasteiger partial charge < -0.3 is 10.2 Å². The summed E-state index contributed by atoms with van der Waals surface area (Å²) in [4.78, 5) is 0. The predicted octanol–water partition coefficient (Wildman–Crippen LogP) is 4.63. The summed E-state index contributed by atoms with van der Waals surface area (Å²) in [7, 11) is 0. The second-order valence-corrected chi connectivity index (χ2v) is 5.03. The van der Waals surface area contributed by atoms with E-state index >= 15 is 0 Å². The first-order valence-corrected chi connectivity index (χ1v) is 6.50. The minimum atomic E-state index is -0.154. The Hall–Kier alpha value is -1.96. The SMILES string of the molecule is CC\C=C/C(O)=C\C=C\C(C)(C)c1ccc(O)cc1. The van der Waals surface area contributed by atoms with Gasteiger partial charge in [-0.25, -0.2) is 0 Å². The van der Waals surface area contributed by atoms with Gasteiger partial charge in [0.2, 0.25) is 0 Å². The summed E-state index contributed by atoms with van der Waals surface area (Å²) in [5, 5.41) is 18.9. The maximum Gasteiger partial charge on any atom is 0.115 e. The molecule has 0 amide bonds. The molecule has 102 valence electrons. The van der Waals surface area contributed by atoms with Gasteiger partial charge in [0.25, 0.3) is 0 Å². The third kappa shape index (κ3) is 5.04. The lowest BCUT2D eigenvalue weighted by atomic mass is 9.84. The van der Waals surface area contributed by atoms with Crippen LogP contribution in [0, 0.1) is 0 Å². The fourth-order valence-corrected chi connectivity index (χ4v) is 1.67. The molecule has 1 aromatic rings. The zero-order chi connectivity index (χ0) is 14.3. The van der Waals surface area contributed by atoms with Gasteiger partial charge in [-0.05, 0) is 36.3 Å². The molecule has 0 aromatic heterocycles. The Morgan fingerprint density at radius 3 is 2.42 bits per heavy atom. The number of hydrogen-bond donors (Lipinski definition) is 2. The van der Waals surface area contributed by atoms with E-state index in [1.54, 1.807) is 24.3 Å². The van der Waals surface area contributed by atoms with Crippen LogP contribution in [0.5, 0.6) is 5.75 Å². The quantitative estimate of drug-likeness (QED) is 0.597. The minimum absolute atomic E-state index is 0.154. The Bertz CT molecular complexity index is 476. The number of aliphatic hydroxyl groups is 1. The van der Waals surface area contributed by atoms with Crippen molar-refractivity contribution >= 4 is 0 Å². The number of hydrogen-bond acceptors (Lipinski definition) is 2. The molecule has 1 rings (SSSR count). The summed E-state index contributed by atoms with van der Waals surface area (Å²) < 4.78 is 0. The molecule has 0 radical (unpaired) electrons. The molecule has 0 atom stereocenters. The van der Waals surface area contributed by atoms with Crippen LogP contribution in [0.3, 0.4) is 0 Å². The summed E-state index contributed by atoms with van der Waals surface area (Å²) in [6.07, 6.45) is 10.1. The molecule has 1 aromatic carbocycles. The van der Waals surface area contributed by atoms with Crippen LogP contribution in [-0.2, 0) is 5.41 Å². The number of aromatic hydroxyl groups is 1.